The van der Waals surface area contributed by atoms with Gasteiger partial charge in [-0.25, -0.2) is 0 Å². The third kappa shape index (κ3) is 1.95. The van der Waals surface area contributed by atoms with E-state index in [2.05, 4.69) is 12.2 Å². The predicted molar refractivity (Wildman–Crippen MR) is 39.2 cm³/mol. The fourth-order valence-corrected chi connectivity index (χ4v) is 1.40. The Morgan fingerprint density at radius 1 is 1.67 bits per heavy atom. The van der Waals surface area contributed by atoms with E-state index in [-0.39, 0.29) is 0 Å². The highest BCUT2D eigenvalue weighted by Crippen LogP contribution is 2.13. The molecule has 1 rings (SSSR count). The Balaban J connectivity index is 2.23. The Hall–Kier alpha value is -0.0800. The second-order valence-electron chi connectivity index (χ2n) is 3.02. The summed E-state index contributed by atoms with van der Waals surface area (Å²) >= 11 is 0. The molecule has 1 aliphatic heterocycles. The maximum absolute atomic E-state index is 5.50. The number of hydrogen-bond donors (Lipinski definition) is 2. The van der Waals surface area contributed by atoms with Crippen LogP contribution in [-0.2, 0) is 0 Å². The molecule has 0 amide bonds. The standard InChI is InChI=1S/C7H16N2/c1-6-2-3-9-7(4-6)5-8/h6-7,9H,2-5,8H2,1H3/t6-,7-/m0/s1. The number of hydrogen-bond acceptors (Lipinski definition) is 2. The van der Waals surface area contributed by atoms with E-state index in [9.17, 15) is 0 Å². The van der Waals surface area contributed by atoms with E-state index >= 15 is 0 Å². The first-order valence-corrected chi connectivity index (χ1v) is 3.76. The number of nitrogens with one attached hydrogen (secondary N) is 1. The lowest BCUT2D eigenvalue weighted by molar-refractivity contribution is 0.325. The number of piperidine rings is 1. The lowest BCUT2D eigenvalue weighted by Gasteiger charge is -2.26. The van der Waals surface area contributed by atoms with Crippen molar-refractivity contribution in [2.24, 2.45) is 11.7 Å². The van der Waals surface area contributed by atoms with Gasteiger partial charge in [-0.3, -0.25) is 0 Å². The fraction of sp³-hybridized carbons (Fsp3) is 1.00. The average Bonchev–Trinajstić information content (AvgIpc) is 1.88. The summed E-state index contributed by atoms with van der Waals surface area (Å²) in [5, 5.41) is 3.37. The topological polar surface area (TPSA) is 38.0 Å². The van der Waals surface area contributed by atoms with Gasteiger partial charge < -0.3 is 11.1 Å². The van der Waals surface area contributed by atoms with Gasteiger partial charge in [-0.1, -0.05) is 6.92 Å². The molecule has 54 valence electrons. The molecule has 1 saturated heterocycles. The minimum Gasteiger partial charge on any atom is -0.329 e. The Morgan fingerprint density at radius 3 is 2.89 bits per heavy atom. The molecule has 1 aliphatic rings. The van der Waals surface area contributed by atoms with Crippen molar-refractivity contribution < 1.29 is 0 Å². The zero-order chi connectivity index (χ0) is 6.69. The molecular formula is C7H16N2. The van der Waals surface area contributed by atoms with Crippen molar-refractivity contribution >= 4 is 0 Å². The predicted octanol–water partition coefficient (Wildman–Crippen LogP) is 0.333. The molecule has 2 heteroatoms. The summed E-state index contributed by atoms with van der Waals surface area (Å²) in [6.45, 7) is 4.25. The Kier molecular flexibility index (Phi) is 2.49. The molecule has 3 N–H and O–H groups in total. The van der Waals surface area contributed by atoms with Gasteiger partial charge in [0.1, 0.15) is 0 Å². The summed E-state index contributed by atoms with van der Waals surface area (Å²) in [7, 11) is 0. The first-order chi connectivity index (χ1) is 4.33. The number of nitrogens with two attached hydrogens (primary N) is 1. The summed E-state index contributed by atoms with van der Waals surface area (Å²) in [5.74, 6) is 0.875. The summed E-state index contributed by atoms with van der Waals surface area (Å²) in [5.41, 5.74) is 5.50. The highest BCUT2D eigenvalue weighted by Gasteiger charge is 2.15. The zero-order valence-electron chi connectivity index (χ0n) is 6.06. The van der Waals surface area contributed by atoms with Crippen LogP contribution in [0.25, 0.3) is 0 Å². The van der Waals surface area contributed by atoms with E-state index in [1.807, 2.05) is 0 Å². The monoisotopic (exact) mass is 128 g/mol. The fourth-order valence-electron chi connectivity index (χ4n) is 1.40. The molecule has 0 bridgehead atoms. The van der Waals surface area contributed by atoms with E-state index in [1.54, 1.807) is 0 Å². The van der Waals surface area contributed by atoms with E-state index in [0.29, 0.717) is 6.04 Å². The lowest BCUT2D eigenvalue weighted by atomic mass is 9.94. The Labute approximate surface area is 56.8 Å². The van der Waals surface area contributed by atoms with E-state index in [0.717, 1.165) is 19.0 Å². The van der Waals surface area contributed by atoms with Gasteiger partial charge in [0.05, 0.1) is 0 Å². The molecule has 0 spiro atoms. The highest BCUT2D eigenvalue weighted by atomic mass is 14.9. The van der Waals surface area contributed by atoms with Gasteiger partial charge >= 0.3 is 0 Å². The Bertz CT molecular complexity index is 83.0. The first-order valence-electron chi connectivity index (χ1n) is 3.76. The minimum absolute atomic E-state index is 0.591. The van der Waals surface area contributed by atoms with Crippen molar-refractivity contribution in [1.29, 1.82) is 0 Å². The maximum atomic E-state index is 5.50. The molecule has 1 fully saturated rings. The second kappa shape index (κ2) is 3.18. The third-order valence-corrected chi connectivity index (χ3v) is 2.04. The summed E-state index contributed by atoms with van der Waals surface area (Å²) in [6, 6.07) is 0.591. The van der Waals surface area contributed by atoms with E-state index in [4.69, 9.17) is 5.73 Å². The van der Waals surface area contributed by atoms with Crippen LogP contribution in [0.4, 0.5) is 0 Å². The van der Waals surface area contributed by atoms with Gasteiger partial charge in [0.2, 0.25) is 0 Å². The van der Waals surface area contributed by atoms with Crippen molar-refractivity contribution in [3.63, 3.8) is 0 Å². The molecule has 9 heavy (non-hydrogen) atoms. The zero-order valence-corrected chi connectivity index (χ0v) is 6.06. The van der Waals surface area contributed by atoms with Crippen LogP contribution in [0.3, 0.4) is 0 Å². The van der Waals surface area contributed by atoms with Crippen LogP contribution < -0.4 is 11.1 Å². The summed E-state index contributed by atoms with van der Waals surface area (Å²) in [4.78, 5) is 0. The van der Waals surface area contributed by atoms with Crippen LogP contribution in [0.2, 0.25) is 0 Å². The van der Waals surface area contributed by atoms with Gasteiger partial charge in [-0.15, -0.1) is 0 Å². The van der Waals surface area contributed by atoms with Crippen molar-refractivity contribution in [2.45, 2.75) is 25.8 Å². The molecule has 0 unspecified atom stereocenters. The summed E-state index contributed by atoms with van der Waals surface area (Å²) in [6.07, 6.45) is 2.58. The number of rotatable bonds is 1. The van der Waals surface area contributed by atoms with Gasteiger partial charge in [0, 0.05) is 12.6 Å². The molecule has 0 aromatic carbocycles. The van der Waals surface area contributed by atoms with E-state index in [1.165, 1.54) is 12.8 Å². The van der Waals surface area contributed by atoms with Crippen LogP contribution in [0.5, 0.6) is 0 Å². The molecule has 0 radical (unpaired) electrons. The van der Waals surface area contributed by atoms with Crippen molar-refractivity contribution in [3.05, 3.63) is 0 Å². The minimum atomic E-state index is 0.591. The molecule has 0 aromatic rings. The van der Waals surface area contributed by atoms with Crippen LogP contribution in [-0.4, -0.2) is 19.1 Å². The van der Waals surface area contributed by atoms with Crippen LogP contribution in [0.1, 0.15) is 19.8 Å². The quantitative estimate of drug-likeness (QED) is 0.534. The molecule has 2 nitrogen and oxygen atoms in total. The van der Waals surface area contributed by atoms with Gasteiger partial charge in [-0.2, -0.15) is 0 Å². The highest BCUT2D eigenvalue weighted by molar-refractivity contribution is 4.76. The normalized spacial score (nSPS) is 36.7. The average molecular weight is 128 g/mol. The van der Waals surface area contributed by atoms with Crippen LogP contribution in [0, 0.1) is 5.92 Å². The summed E-state index contributed by atoms with van der Waals surface area (Å²) < 4.78 is 0. The van der Waals surface area contributed by atoms with Crippen LogP contribution >= 0.6 is 0 Å². The maximum Gasteiger partial charge on any atom is 0.0192 e. The molecule has 0 aliphatic carbocycles. The smallest absolute Gasteiger partial charge is 0.0192 e. The van der Waals surface area contributed by atoms with E-state index < -0.39 is 0 Å². The molecule has 2 atom stereocenters. The SMILES string of the molecule is C[C@H]1CCN[C@H](CN)C1. The molecule has 0 saturated carbocycles. The Morgan fingerprint density at radius 2 is 2.44 bits per heavy atom. The first kappa shape index (κ1) is 7.03. The second-order valence-corrected chi connectivity index (χ2v) is 3.02. The molecule has 1 heterocycles. The third-order valence-electron chi connectivity index (χ3n) is 2.04. The van der Waals surface area contributed by atoms with Gasteiger partial charge in [-0.05, 0) is 25.3 Å². The van der Waals surface area contributed by atoms with Gasteiger partial charge in [0.25, 0.3) is 0 Å². The molecule has 0 aromatic heterocycles. The largest absolute Gasteiger partial charge is 0.329 e. The van der Waals surface area contributed by atoms with Crippen molar-refractivity contribution in [1.82, 2.24) is 5.32 Å². The van der Waals surface area contributed by atoms with Crippen molar-refractivity contribution in [2.75, 3.05) is 13.1 Å². The van der Waals surface area contributed by atoms with Gasteiger partial charge in [0.15, 0.2) is 0 Å². The molecular weight excluding hydrogens is 112 g/mol. The van der Waals surface area contributed by atoms with Crippen molar-refractivity contribution in [3.8, 4) is 0 Å². The lowest BCUT2D eigenvalue weighted by Crippen LogP contribution is -2.42. The van der Waals surface area contributed by atoms with Crippen LogP contribution in [0.15, 0.2) is 0 Å².